The van der Waals surface area contributed by atoms with Gasteiger partial charge in [0.15, 0.2) is 0 Å². The monoisotopic (exact) mass is 260 g/mol. The molecule has 0 amide bonds. The Morgan fingerprint density at radius 1 is 1.12 bits per heavy atom. The molecule has 0 aliphatic carbocycles. The van der Waals surface area contributed by atoms with Crippen LogP contribution in [0.5, 0.6) is 5.75 Å². The largest absolute Gasteiger partial charge is 0.422 e. The molecule has 1 aromatic carbocycles. The number of hydrogen-bond acceptors (Lipinski definition) is 2. The number of alkyl halides is 1. The second kappa shape index (κ2) is 5.63. The molecule has 0 aliphatic heterocycles. The summed E-state index contributed by atoms with van der Waals surface area (Å²) in [5.74, 6) is 0.466. The Morgan fingerprint density at radius 3 is 1.94 bits per heavy atom. The lowest BCUT2D eigenvalue weighted by Gasteiger charge is -2.29. The van der Waals surface area contributed by atoms with Crippen molar-refractivity contribution in [2.24, 2.45) is 0 Å². The summed E-state index contributed by atoms with van der Waals surface area (Å²) < 4.78 is 33.4. The van der Waals surface area contributed by atoms with E-state index in [1.807, 2.05) is 0 Å². The first-order valence-electron chi connectivity index (χ1n) is 5.20. The summed E-state index contributed by atoms with van der Waals surface area (Å²) in [6.07, 6.45) is 0. The molecule has 0 heterocycles. The van der Waals surface area contributed by atoms with Crippen LogP contribution >= 0.6 is 7.67 Å². The SMILES string of the molecule is CN(C)P(=O)(Oc1ccc(CF)cc1)N(C)C. The van der Waals surface area contributed by atoms with Crippen LogP contribution in [-0.4, -0.2) is 37.5 Å². The Bertz CT molecular complexity index is 394. The Labute approximate surface area is 102 Å². The van der Waals surface area contributed by atoms with Crippen LogP contribution in [0.25, 0.3) is 0 Å². The third-order valence-corrected chi connectivity index (χ3v) is 4.78. The number of halogens is 1. The molecule has 96 valence electrons. The molecule has 4 nitrogen and oxygen atoms in total. The molecule has 0 saturated carbocycles. The van der Waals surface area contributed by atoms with Gasteiger partial charge in [0.05, 0.1) is 0 Å². The van der Waals surface area contributed by atoms with Gasteiger partial charge in [-0.25, -0.2) is 18.3 Å². The Balaban J connectivity index is 2.91. The van der Waals surface area contributed by atoms with Crippen molar-refractivity contribution in [1.82, 2.24) is 9.34 Å². The van der Waals surface area contributed by atoms with Gasteiger partial charge in [0.2, 0.25) is 0 Å². The van der Waals surface area contributed by atoms with Gasteiger partial charge in [-0.3, -0.25) is 0 Å². The zero-order valence-corrected chi connectivity index (χ0v) is 11.4. The zero-order valence-electron chi connectivity index (χ0n) is 10.6. The summed E-state index contributed by atoms with van der Waals surface area (Å²) in [6.45, 7) is -0.515. The molecule has 0 unspecified atom stereocenters. The average molecular weight is 260 g/mol. The summed E-state index contributed by atoms with van der Waals surface area (Å²) in [4.78, 5) is 0. The van der Waals surface area contributed by atoms with Gasteiger partial charge in [-0.05, 0) is 45.9 Å². The van der Waals surface area contributed by atoms with E-state index in [0.29, 0.717) is 11.3 Å². The van der Waals surface area contributed by atoms with Crippen LogP contribution in [0, 0.1) is 0 Å². The van der Waals surface area contributed by atoms with Crippen molar-refractivity contribution in [3.05, 3.63) is 29.8 Å². The predicted octanol–water partition coefficient (Wildman–Crippen LogP) is 2.77. The van der Waals surface area contributed by atoms with Crippen molar-refractivity contribution in [1.29, 1.82) is 0 Å². The fourth-order valence-corrected chi connectivity index (χ4v) is 2.74. The normalized spacial score (nSPS) is 12.2. The maximum absolute atomic E-state index is 12.5. The van der Waals surface area contributed by atoms with E-state index in [0.717, 1.165) is 0 Å². The van der Waals surface area contributed by atoms with Crippen molar-refractivity contribution in [2.45, 2.75) is 6.67 Å². The highest BCUT2D eigenvalue weighted by Crippen LogP contribution is 2.50. The van der Waals surface area contributed by atoms with Gasteiger partial charge in [-0.2, -0.15) is 0 Å². The highest BCUT2D eigenvalue weighted by Gasteiger charge is 2.30. The molecule has 0 saturated heterocycles. The third kappa shape index (κ3) is 3.28. The van der Waals surface area contributed by atoms with Crippen LogP contribution in [0.2, 0.25) is 0 Å². The smallest absolute Gasteiger partial charge is 0.394 e. The highest BCUT2D eigenvalue weighted by atomic mass is 31.2. The van der Waals surface area contributed by atoms with Gasteiger partial charge in [0.25, 0.3) is 0 Å². The summed E-state index contributed by atoms with van der Waals surface area (Å²) in [7, 11) is 3.73. The Morgan fingerprint density at radius 2 is 1.59 bits per heavy atom. The minimum atomic E-state index is -3.04. The van der Waals surface area contributed by atoms with Gasteiger partial charge < -0.3 is 4.52 Å². The Hall–Kier alpha value is -0.900. The second-order valence-corrected chi connectivity index (χ2v) is 6.82. The number of nitrogens with zero attached hydrogens (tertiary/aromatic N) is 2. The van der Waals surface area contributed by atoms with E-state index in [1.165, 1.54) is 9.34 Å². The van der Waals surface area contributed by atoms with E-state index in [4.69, 9.17) is 4.52 Å². The molecule has 0 aromatic heterocycles. The fourth-order valence-electron chi connectivity index (χ4n) is 1.30. The summed E-state index contributed by atoms with van der Waals surface area (Å²) >= 11 is 0. The summed E-state index contributed by atoms with van der Waals surface area (Å²) in [5, 5.41) is 0. The zero-order chi connectivity index (χ0) is 13.1. The van der Waals surface area contributed by atoms with Crippen LogP contribution in [0.1, 0.15) is 5.56 Å². The molecule has 0 aliphatic rings. The van der Waals surface area contributed by atoms with Crippen molar-refractivity contribution in [3.8, 4) is 5.75 Å². The molecule has 0 radical (unpaired) electrons. The van der Waals surface area contributed by atoms with Crippen LogP contribution in [0.4, 0.5) is 4.39 Å². The van der Waals surface area contributed by atoms with E-state index in [2.05, 4.69) is 0 Å². The number of hydrogen-bond donors (Lipinski definition) is 0. The molecule has 0 N–H and O–H groups in total. The lowest BCUT2D eigenvalue weighted by atomic mass is 10.2. The highest BCUT2D eigenvalue weighted by molar-refractivity contribution is 7.54. The molecule has 1 aromatic rings. The van der Waals surface area contributed by atoms with Crippen LogP contribution < -0.4 is 4.52 Å². The Kier molecular flexibility index (Phi) is 4.69. The predicted molar refractivity (Wildman–Crippen MR) is 66.9 cm³/mol. The minimum absolute atomic E-state index is 0.466. The fraction of sp³-hybridized carbons (Fsp3) is 0.455. The molecular weight excluding hydrogens is 242 g/mol. The molecule has 6 heteroatoms. The molecule has 17 heavy (non-hydrogen) atoms. The van der Waals surface area contributed by atoms with Gasteiger partial charge in [-0.15, -0.1) is 0 Å². The molecule has 0 spiro atoms. The van der Waals surface area contributed by atoms with Crippen LogP contribution in [-0.2, 0) is 11.2 Å². The summed E-state index contributed by atoms with van der Waals surface area (Å²) in [5.41, 5.74) is 0.571. The quantitative estimate of drug-likeness (QED) is 0.762. The maximum atomic E-state index is 12.5. The lowest BCUT2D eigenvalue weighted by molar-refractivity contribution is 0.354. The van der Waals surface area contributed by atoms with Crippen molar-refractivity contribution in [3.63, 3.8) is 0 Å². The van der Waals surface area contributed by atoms with E-state index < -0.39 is 14.3 Å². The minimum Gasteiger partial charge on any atom is -0.422 e. The average Bonchev–Trinajstić information content (AvgIpc) is 2.29. The third-order valence-electron chi connectivity index (χ3n) is 2.31. The van der Waals surface area contributed by atoms with Gasteiger partial charge >= 0.3 is 7.67 Å². The maximum Gasteiger partial charge on any atom is 0.394 e. The first kappa shape index (κ1) is 14.2. The van der Waals surface area contributed by atoms with Crippen LogP contribution in [0.3, 0.4) is 0 Å². The van der Waals surface area contributed by atoms with E-state index in [1.54, 1.807) is 52.5 Å². The van der Waals surface area contributed by atoms with Gasteiger partial charge in [0.1, 0.15) is 12.4 Å². The van der Waals surface area contributed by atoms with E-state index >= 15 is 0 Å². The molecule has 0 bridgehead atoms. The van der Waals surface area contributed by atoms with Crippen LogP contribution in [0.15, 0.2) is 24.3 Å². The van der Waals surface area contributed by atoms with Crippen molar-refractivity contribution >= 4 is 7.67 Å². The first-order chi connectivity index (χ1) is 7.90. The van der Waals surface area contributed by atoms with Gasteiger partial charge in [-0.1, -0.05) is 12.1 Å². The van der Waals surface area contributed by atoms with Gasteiger partial charge in [0, 0.05) is 0 Å². The molecule has 0 atom stereocenters. The molecule has 0 fully saturated rings. The summed E-state index contributed by atoms with van der Waals surface area (Å²) in [6, 6.07) is 6.47. The van der Waals surface area contributed by atoms with Crippen molar-refractivity contribution < 1.29 is 13.5 Å². The second-order valence-electron chi connectivity index (χ2n) is 4.05. The first-order valence-corrected chi connectivity index (χ1v) is 6.73. The number of benzene rings is 1. The standard InChI is InChI=1S/C11H18FN2O2P/c1-13(2)17(15,14(3)4)16-11-7-5-10(9-12)6-8-11/h5-8H,9H2,1-4H3. The van der Waals surface area contributed by atoms with Crippen molar-refractivity contribution in [2.75, 3.05) is 28.2 Å². The van der Waals surface area contributed by atoms with E-state index in [9.17, 15) is 8.96 Å². The topological polar surface area (TPSA) is 32.8 Å². The lowest BCUT2D eigenvalue weighted by Crippen LogP contribution is -2.24. The molecular formula is C11H18FN2O2P. The number of rotatable bonds is 5. The van der Waals surface area contributed by atoms with E-state index in [-0.39, 0.29) is 0 Å². The molecule has 1 rings (SSSR count).